The fourth-order valence-corrected chi connectivity index (χ4v) is 0.856. The molecule has 0 aromatic heterocycles. The second-order valence-corrected chi connectivity index (χ2v) is 2.78. The third-order valence-electron chi connectivity index (χ3n) is 1.60. The monoisotopic (exact) mass is 178 g/mol. The molecule has 74 valence electrons. The zero-order valence-electron chi connectivity index (χ0n) is 7.75. The molecule has 0 atom stereocenters. The van der Waals surface area contributed by atoms with Crippen LogP contribution in [0.4, 0.5) is 0 Å². The highest BCUT2D eigenvalue weighted by molar-refractivity contribution is 4.78. The van der Waals surface area contributed by atoms with Crippen molar-refractivity contribution >= 4 is 0 Å². The molecule has 0 saturated carbocycles. The maximum Gasteiger partial charge on any atom is 0.137 e. The summed E-state index contributed by atoms with van der Waals surface area (Å²) in [5.74, 6) is 0. The lowest BCUT2D eigenvalue weighted by molar-refractivity contribution is -0.139. The Morgan fingerprint density at radius 1 is 1.25 bits per heavy atom. The summed E-state index contributed by atoms with van der Waals surface area (Å²) in [5.41, 5.74) is -0.926. The van der Waals surface area contributed by atoms with Crippen molar-refractivity contribution < 1.29 is 19.7 Å². The Morgan fingerprint density at radius 3 is 2.17 bits per heavy atom. The summed E-state index contributed by atoms with van der Waals surface area (Å²) < 4.78 is 10.1. The van der Waals surface area contributed by atoms with Crippen molar-refractivity contribution in [3.8, 4) is 0 Å². The van der Waals surface area contributed by atoms with Crippen LogP contribution in [0.25, 0.3) is 0 Å². The lowest BCUT2D eigenvalue weighted by Gasteiger charge is -2.28. The third-order valence-corrected chi connectivity index (χ3v) is 1.60. The van der Waals surface area contributed by atoms with E-state index in [9.17, 15) is 0 Å². The predicted octanol–water partition coefficient (Wildman–Crippen LogP) is -0.217. The normalized spacial score (nSPS) is 12.0. The molecule has 0 amide bonds. The van der Waals surface area contributed by atoms with Crippen LogP contribution in [0.15, 0.2) is 0 Å². The van der Waals surface area contributed by atoms with Gasteiger partial charge in [0, 0.05) is 13.7 Å². The second kappa shape index (κ2) is 6.37. The van der Waals surface area contributed by atoms with E-state index in [-0.39, 0.29) is 19.8 Å². The Balaban J connectivity index is 3.95. The van der Waals surface area contributed by atoms with E-state index in [4.69, 9.17) is 19.7 Å². The Morgan fingerprint density at radius 2 is 1.83 bits per heavy atom. The van der Waals surface area contributed by atoms with E-state index in [1.807, 2.05) is 6.92 Å². The quantitative estimate of drug-likeness (QED) is 0.566. The Labute approximate surface area is 73.1 Å². The summed E-state index contributed by atoms with van der Waals surface area (Å²) in [6.07, 6.45) is 0.853. The molecule has 0 heterocycles. The molecule has 4 heteroatoms. The van der Waals surface area contributed by atoms with E-state index in [0.717, 1.165) is 6.42 Å². The van der Waals surface area contributed by atoms with Gasteiger partial charge in [0.25, 0.3) is 0 Å². The third kappa shape index (κ3) is 3.49. The first-order chi connectivity index (χ1) is 5.74. The van der Waals surface area contributed by atoms with E-state index in [1.54, 1.807) is 0 Å². The van der Waals surface area contributed by atoms with Gasteiger partial charge in [0.2, 0.25) is 0 Å². The Kier molecular flexibility index (Phi) is 6.28. The highest BCUT2D eigenvalue weighted by Crippen LogP contribution is 2.10. The lowest BCUT2D eigenvalue weighted by Crippen LogP contribution is -2.45. The summed E-state index contributed by atoms with van der Waals surface area (Å²) >= 11 is 0. The highest BCUT2D eigenvalue weighted by Gasteiger charge is 2.29. The van der Waals surface area contributed by atoms with Crippen LogP contribution in [0, 0.1) is 0 Å². The molecule has 0 rings (SSSR count). The molecule has 0 radical (unpaired) electrons. The van der Waals surface area contributed by atoms with Gasteiger partial charge < -0.3 is 19.7 Å². The summed E-state index contributed by atoms with van der Waals surface area (Å²) in [4.78, 5) is 0. The molecule has 0 aliphatic rings. The molecule has 12 heavy (non-hydrogen) atoms. The zero-order chi connectivity index (χ0) is 9.45. The van der Waals surface area contributed by atoms with E-state index in [0.29, 0.717) is 6.61 Å². The zero-order valence-corrected chi connectivity index (χ0v) is 7.75. The van der Waals surface area contributed by atoms with Crippen LogP contribution in [0.2, 0.25) is 0 Å². The van der Waals surface area contributed by atoms with Crippen molar-refractivity contribution in [2.24, 2.45) is 0 Å². The first-order valence-electron chi connectivity index (χ1n) is 4.09. The molecule has 4 nitrogen and oxygen atoms in total. The van der Waals surface area contributed by atoms with Crippen molar-refractivity contribution in [2.45, 2.75) is 18.9 Å². The molecular weight excluding hydrogens is 160 g/mol. The topological polar surface area (TPSA) is 58.9 Å². The van der Waals surface area contributed by atoms with Crippen LogP contribution in [-0.4, -0.2) is 49.4 Å². The van der Waals surface area contributed by atoms with Crippen molar-refractivity contribution in [1.29, 1.82) is 0 Å². The van der Waals surface area contributed by atoms with Gasteiger partial charge in [-0.15, -0.1) is 0 Å². The number of hydrogen-bond donors (Lipinski definition) is 2. The SMILES string of the molecule is CCCOC(CO)(CO)COC. The van der Waals surface area contributed by atoms with Crippen molar-refractivity contribution in [1.82, 2.24) is 0 Å². The smallest absolute Gasteiger partial charge is 0.137 e. The fraction of sp³-hybridized carbons (Fsp3) is 1.00. The number of ether oxygens (including phenoxy) is 2. The Hall–Kier alpha value is -0.160. The number of rotatable bonds is 7. The molecule has 0 unspecified atom stereocenters. The van der Waals surface area contributed by atoms with Crippen LogP contribution in [0.3, 0.4) is 0 Å². The van der Waals surface area contributed by atoms with Gasteiger partial charge in [0.15, 0.2) is 0 Å². The van der Waals surface area contributed by atoms with Gasteiger partial charge in [-0.2, -0.15) is 0 Å². The van der Waals surface area contributed by atoms with Gasteiger partial charge in [-0.1, -0.05) is 6.92 Å². The van der Waals surface area contributed by atoms with E-state index in [2.05, 4.69) is 0 Å². The van der Waals surface area contributed by atoms with Crippen LogP contribution in [0.1, 0.15) is 13.3 Å². The van der Waals surface area contributed by atoms with Crippen LogP contribution in [-0.2, 0) is 9.47 Å². The first-order valence-corrected chi connectivity index (χ1v) is 4.09. The Bertz CT molecular complexity index is 101. The molecule has 0 saturated heterocycles. The standard InChI is InChI=1S/C8H18O4/c1-3-4-12-8(5-9,6-10)7-11-2/h9-10H,3-7H2,1-2H3. The maximum atomic E-state index is 8.97. The minimum Gasteiger partial charge on any atom is -0.393 e. The highest BCUT2D eigenvalue weighted by atomic mass is 16.6. The number of aliphatic hydroxyl groups excluding tert-OH is 2. The molecule has 0 fully saturated rings. The van der Waals surface area contributed by atoms with Crippen molar-refractivity contribution in [3.05, 3.63) is 0 Å². The van der Waals surface area contributed by atoms with Crippen LogP contribution < -0.4 is 0 Å². The lowest BCUT2D eigenvalue weighted by atomic mass is 10.1. The van der Waals surface area contributed by atoms with Crippen molar-refractivity contribution in [2.75, 3.05) is 33.5 Å². The van der Waals surface area contributed by atoms with Gasteiger partial charge in [-0.25, -0.2) is 0 Å². The van der Waals surface area contributed by atoms with Gasteiger partial charge >= 0.3 is 0 Å². The van der Waals surface area contributed by atoms with E-state index < -0.39 is 5.60 Å². The largest absolute Gasteiger partial charge is 0.393 e. The molecular formula is C8H18O4. The number of hydrogen-bond acceptors (Lipinski definition) is 4. The average Bonchev–Trinajstić information content (AvgIpc) is 2.13. The molecule has 0 aromatic carbocycles. The number of methoxy groups -OCH3 is 1. The maximum absolute atomic E-state index is 8.97. The summed E-state index contributed by atoms with van der Waals surface area (Å²) in [5, 5.41) is 17.9. The van der Waals surface area contributed by atoms with Gasteiger partial charge in [-0.05, 0) is 6.42 Å². The molecule has 0 aliphatic carbocycles. The van der Waals surface area contributed by atoms with Crippen molar-refractivity contribution in [3.63, 3.8) is 0 Å². The molecule has 0 spiro atoms. The molecule has 2 N–H and O–H groups in total. The minimum atomic E-state index is -0.926. The van der Waals surface area contributed by atoms with Crippen LogP contribution in [0.5, 0.6) is 0 Å². The molecule has 0 aromatic rings. The van der Waals surface area contributed by atoms with Crippen LogP contribution >= 0.6 is 0 Å². The fourth-order valence-electron chi connectivity index (χ4n) is 0.856. The van der Waals surface area contributed by atoms with Gasteiger partial charge in [0.05, 0.1) is 19.8 Å². The summed E-state index contributed by atoms with van der Waals surface area (Å²) in [6.45, 7) is 2.24. The van der Waals surface area contributed by atoms with E-state index in [1.165, 1.54) is 7.11 Å². The molecule has 0 bridgehead atoms. The minimum absolute atomic E-state index is 0.208. The number of aliphatic hydroxyl groups is 2. The first kappa shape index (κ1) is 11.8. The van der Waals surface area contributed by atoms with Gasteiger partial charge in [0.1, 0.15) is 5.60 Å². The van der Waals surface area contributed by atoms with E-state index >= 15 is 0 Å². The molecule has 0 aliphatic heterocycles. The average molecular weight is 178 g/mol. The summed E-state index contributed by atoms with van der Waals surface area (Å²) in [6, 6.07) is 0. The second-order valence-electron chi connectivity index (χ2n) is 2.78. The van der Waals surface area contributed by atoms with Gasteiger partial charge in [-0.3, -0.25) is 0 Å². The summed E-state index contributed by atoms with van der Waals surface area (Å²) in [7, 11) is 1.51. The predicted molar refractivity (Wildman–Crippen MR) is 45.0 cm³/mol.